The van der Waals surface area contributed by atoms with Gasteiger partial charge in [-0.2, -0.15) is 0 Å². The fraction of sp³-hybridized carbons (Fsp3) is 0.0769. The van der Waals surface area contributed by atoms with E-state index in [1.165, 1.54) is 42.3 Å². The molecule has 5 rings (SSSR count). The number of aliphatic hydroxyl groups is 1. The van der Waals surface area contributed by atoms with Crippen LogP contribution in [0.2, 0.25) is 0 Å². The third-order valence-electron chi connectivity index (χ3n) is 5.68. The molecule has 174 valence electrons. The molecule has 1 aromatic heterocycles. The number of methoxy groups -OCH3 is 1. The quantitative estimate of drug-likeness (QED) is 0.191. The highest BCUT2D eigenvalue weighted by molar-refractivity contribution is 7.22. The minimum absolute atomic E-state index is 0.113. The van der Waals surface area contributed by atoms with E-state index in [0.29, 0.717) is 21.3 Å². The fourth-order valence-electron chi connectivity index (χ4n) is 4.01. The lowest BCUT2D eigenvalue weighted by atomic mass is 9.95. The maximum atomic E-state index is 13.8. The first-order valence-corrected chi connectivity index (χ1v) is 11.3. The summed E-state index contributed by atoms with van der Waals surface area (Å²) in [6, 6.07) is 17.6. The molecule has 0 aliphatic carbocycles. The van der Waals surface area contributed by atoms with Crippen LogP contribution in [-0.4, -0.2) is 34.9 Å². The van der Waals surface area contributed by atoms with Gasteiger partial charge in [0.2, 0.25) is 0 Å². The standard InChI is InChI=1S/C26H17FN2O5S/c1-34-25(33)16-9-7-14(8-10-16)21-20(22(30)15-5-3-2-4-6-15)23(31)24(32)29(21)26-28-18-12-11-17(27)13-19(18)35-26/h2-13,21,30H,1H3/t21-/m1/s1. The summed E-state index contributed by atoms with van der Waals surface area (Å²) < 4.78 is 19.0. The highest BCUT2D eigenvalue weighted by Crippen LogP contribution is 2.44. The summed E-state index contributed by atoms with van der Waals surface area (Å²) in [4.78, 5) is 44.0. The van der Waals surface area contributed by atoms with Gasteiger partial charge < -0.3 is 9.84 Å². The molecule has 1 amide bonds. The number of hydrogen-bond acceptors (Lipinski definition) is 7. The molecule has 1 N–H and O–H groups in total. The zero-order valence-corrected chi connectivity index (χ0v) is 19.1. The molecule has 0 unspecified atom stereocenters. The van der Waals surface area contributed by atoms with E-state index in [1.54, 1.807) is 42.5 Å². The Morgan fingerprint density at radius 3 is 2.43 bits per heavy atom. The first-order valence-electron chi connectivity index (χ1n) is 10.5. The van der Waals surface area contributed by atoms with Crippen molar-refractivity contribution in [3.05, 3.63) is 101 Å². The number of halogens is 1. The fourth-order valence-corrected chi connectivity index (χ4v) is 5.02. The Hall–Kier alpha value is -4.37. The molecule has 2 heterocycles. The number of anilines is 1. The van der Waals surface area contributed by atoms with Crippen molar-refractivity contribution >= 4 is 50.1 Å². The molecule has 1 saturated heterocycles. The van der Waals surface area contributed by atoms with E-state index in [2.05, 4.69) is 4.98 Å². The number of hydrogen-bond donors (Lipinski definition) is 1. The van der Waals surface area contributed by atoms with Gasteiger partial charge in [-0.3, -0.25) is 14.5 Å². The number of esters is 1. The smallest absolute Gasteiger partial charge is 0.337 e. The predicted molar refractivity (Wildman–Crippen MR) is 129 cm³/mol. The number of Topliss-reactive ketones (excluding diaryl/α,β-unsaturated/α-hetero) is 1. The monoisotopic (exact) mass is 488 g/mol. The summed E-state index contributed by atoms with van der Waals surface area (Å²) in [5.41, 5.74) is 1.48. The number of amides is 1. The lowest BCUT2D eigenvalue weighted by molar-refractivity contribution is -0.132. The third kappa shape index (κ3) is 3.85. The van der Waals surface area contributed by atoms with Crippen LogP contribution in [0.3, 0.4) is 0 Å². The van der Waals surface area contributed by atoms with Crippen molar-refractivity contribution in [1.82, 2.24) is 4.98 Å². The van der Waals surface area contributed by atoms with Crippen LogP contribution in [-0.2, 0) is 14.3 Å². The van der Waals surface area contributed by atoms with Crippen LogP contribution in [0.25, 0.3) is 16.0 Å². The van der Waals surface area contributed by atoms with E-state index in [1.807, 2.05) is 0 Å². The van der Waals surface area contributed by atoms with Crippen molar-refractivity contribution < 1.29 is 28.6 Å². The zero-order valence-electron chi connectivity index (χ0n) is 18.3. The van der Waals surface area contributed by atoms with Gasteiger partial charge in [0.1, 0.15) is 11.6 Å². The van der Waals surface area contributed by atoms with E-state index in [0.717, 1.165) is 11.3 Å². The van der Waals surface area contributed by atoms with Gasteiger partial charge in [-0.05, 0) is 35.9 Å². The number of rotatable bonds is 4. The molecule has 1 atom stereocenters. The highest BCUT2D eigenvalue weighted by atomic mass is 32.1. The van der Waals surface area contributed by atoms with E-state index < -0.39 is 29.5 Å². The lowest BCUT2D eigenvalue weighted by Gasteiger charge is -2.23. The topological polar surface area (TPSA) is 96.8 Å². The number of ketones is 1. The lowest BCUT2D eigenvalue weighted by Crippen LogP contribution is -2.29. The van der Waals surface area contributed by atoms with Crippen molar-refractivity contribution in [3.8, 4) is 0 Å². The van der Waals surface area contributed by atoms with Gasteiger partial charge in [0.15, 0.2) is 5.13 Å². The molecule has 0 spiro atoms. The van der Waals surface area contributed by atoms with Crippen LogP contribution in [0.4, 0.5) is 9.52 Å². The molecule has 3 aromatic carbocycles. The highest BCUT2D eigenvalue weighted by Gasteiger charge is 2.48. The molecule has 9 heteroatoms. The average molecular weight is 488 g/mol. The largest absolute Gasteiger partial charge is 0.507 e. The number of carbonyl (C=O) groups excluding carboxylic acids is 3. The summed E-state index contributed by atoms with van der Waals surface area (Å²) in [5.74, 6) is -3.07. The van der Waals surface area contributed by atoms with Gasteiger partial charge in [-0.25, -0.2) is 14.2 Å². The molecule has 35 heavy (non-hydrogen) atoms. The minimum Gasteiger partial charge on any atom is -0.507 e. The van der Waals surface area contributed by atoms with Crippen molar-refractivity contribution in [2.75, 3.05) is 12.0 Å². The molecule has 0 bridgehead atoms. The maximum Gasteiger partial charge on any atom is 0.337 e. The normalized spacial score (nSPS) is 17.2. The molecular formula is C26H17FN2O5S. The van der Waals surface area contributed by atoms with E-state index >= 15 is 0 Å². The van der Waals surface area contributed by atoms with Gasteiger partial charge in [0.25, 0.3) is 5.78 Å². The number of aliphatic hydroxyl groups excluding tert-OH is 1. The Labute approximate surface area is 202 Å². The van der Waals surface area contributed by atoms with E-state index in [9.17, 15) is 23.9 Å². The summed E-state index contributed by atoms with van der Waals surface area (Å²) in [6.45, 7) is 0. The number of ether oxygens (including phenoxy) is 1. The molecule has 4 aromatic rings. The maximum absolute atomic E-state index is 13.8. The van der Waals surface area contributed by atoms with Gasteiger partial charge in [0.05, 0.1) is 34.5 Å². The number of nitrogens with zero attached hydrogens (tertiary/aromatic N) is 2. The summed E-state index contributed by atoms with van der Waals surface area (Å²) in [5, 5.41) is 11.3. The second-order valence-corrected chi connectivity index (χ2v) is 8.77. The van der Waals surface area contributed by atoms with Gasteiger partial charge in [-0.1, -0.05) is 53.8 Å². The average Bonchev–Trinajstić information content (AvgIpc) is 3.41. The van der Waals surface area contributed by atoms with Crippen LogP contribution >= 0.6 is 11.3 Å². The summed E-state index contributed by atoms with van der Waals surface area (Å²) in [6.07, 6.45) is 0. The van der Waals surface area contributed by atoms with E-state index in [4.69, 9.17) is 4.74 Å². The first-order chi connectivity index (χ1) is 16.9. The van der Waals surface area contributed by atoms with Gasteiger partial charge in [0, 0.05) is 5.56 Å². The molecule has 1 fully saturated rings. The Bertz CT molecular complexity index is 1510. The Morgan fingerprint density at radius 2 is 1.74 bits per heavy atom. The zero-order chi connectivity index (χ0) is 24.7. The summed E-state index contributed by atoms with van der Waals surface area (Å²) in [7, 11) is 1.26. The van der Waals surface area contributed by atoms with Gasteiger partial charge in [-0.15, -0.1) is 0 Å². The van der Waals surface area contributed by atoms with Crippen LogP contribution in [0, 0.1) is 5.82 Å². The molecule has 7 nitrogen and oxygen atoms in total. The third-order valence-corrected chi connectivity index (χ3v) is 6.70. The number of aromatic nitrogens is 1. The minimum atomic E-state index is -1.02. The second kappa shape index (κ2) is 8.77. The number of thiazole rings is 1. The molecule has 1 aliphatic heterocycles. The Morgan fingerprint density at radius 1 is 1.03 bits per heavy atom. The Balaban J connectivity index is 1.71. The number of carbonyl (C=O) groups is 3. The van der Waals surface area contributed by atoms with Crippen molar-refractivity contribution in [2.45, 2.75) is 6.04 Å². The van der Waals surface area contributed by atoms with Gasteiger partial charge >= 0.3 is 11.9 Å². The van der Waals surface area contributed by atoms with Crippen LogP contribution < -0.4 is 4.90 Å². The van der Waals surface area contributed by atoms with Crippen LogP contribution in [0.15, 0.2) is 78.4 Å². The molecular weight excluding hydrogens is 471 g/mol. The molecule has 0 radical (unpaired) electrons. The predicted octanol–water partition coefficient (Wildman–Crippen LogP) is 4.85. The van der Waals surface area contributed by atoms with Crippen molar-refractivity contribution in [2.24, 2.45) is 0 Å². The Kier molecular flexibility index (Phi) is 5.62. The summed E-state index contributed by atoms with van der Waals surface area (Å²) >= 11 is 1.06. The molecule has 0 saturated carbocycles. The molecule has 1 aliphatic rings. The number of benzene rings is 3. The first kappa shape index (κ1) is 22.4. The van der Waals surface area contributed by atoms with Crippen molar-refractivity contribution in [1.29, 1.82) is 0 Å². The van der Waals surface area contributed by atoms with Crippen molar-refractivity contribution in [3.63, 3.8) is 0 Å². The van der Waals surface area contributed by atoms with Crippen LogP contribution in [0.5, 0.6) is 0 Å². The SMILES string of the molecule is COC(=O)c1ccc([C@@H]2C(=C(O)c3ccccc3)C(=O)C(=O)N2c2nc3ccc(F)cc3s2)cc1. The van der Waals surface area contributed by atoms with Crippen LogP contribution in [0.1, 0.15) is 27.5 Å². The van der Waals surface area contributed by atoms with E-state index in [-0.39, 0.29) is 22.0 Å². The second-order valence-electron chi connectivity index (χ2n) is 7.76. The number of fused-ring (bicyclic) bond motifs is 1.